The third-order valence-electron chi connectivity index (χ3n) is 2.99. The molecule has 0 fully saturated rings. The quantitative estimate of drug-likeness (QED) is 0.471. The number of aryl methyl sites for hydroxylation is 2. The molecule has 26 heavy (non-hydrogen) atoms. The van der Waals surface area contributed by atoms with Crippen LogP contribution in [0.5, 0.6) is 0 Å². The number of carboxylic acid groups (broad SMARTS) is 2. The van der Waals surface area contributed by atoms with Gasteiger partial charge in [-0.3, -0.25) is 38.3 Å². The Bertz CT molecular complexity index is 971. The second-order valence-corrected chi connectivity index (χ2v) is 5.19. The summed E-state index contributed by atoms with van der Waals surface area (Å²) in [6.45, 7) is 2.10. The molecule has 0 unspecified atom stereocenters. The predicted molar refractivity (Wildman–Crippen MR) is 87.4 cm³/mol. The van der Waals surface area contributed by atoms with E-state index in [-0.39, 0.29) is 0 Å². The van der Waals surface area contributed by atoms with Gasteiger partial charge >= 0.3 is 23.3 Å². The van der Waals surface area contributed by atoms with E-state index in [2.05, 4.69) is 0 Å². The lowest BCUT2D eigenvalue weighted by Gasteiger charge is -2.00. The summed E-state index contributed by atoms with van der Waals surface area (Å²) in [6, 6.07) is 0. The second-order valence-electron chi connectivity index (χ2n) is 5.19. The van der Waals surface area contributed by atoms with Crippen molar-refractivity contribution in [1.29, 1.82) is 0 Å². The standard InChI is InChI=1S/2C7H8N2O4/c2*1-4-2-9(3-5(10)11)7(13)8-6(4)12/h2*2H,3H2,1H3,(H,10,11)(H,8,12,13). The maximum Gasteiger partial charge on any atom is 0.328 e. The molecule has 140 valence electrons. The van der Waals surface area contributed by atoms with Crippen molar-refractivity contribution in [3.63, 3.8) is 0 Å². The van der Waals surface area contributed by atoms with E-state index in [1.54, 1.807) is 0 Å². The first kappa shape index (κ1) is 20.3. The third-order valence-corrected chi connectivity index (χ3v) is 2.99. The van der Waals surface area contributed by atoms with Crippen molar-refractivity contribution in [2.75, 3.05) is 0 Å². The van der Waals surface area contributed by atoms with Gasteiger partial charge in [0.25, 0.3) is 11.1 Å². The Labute approximate surface area is 144 Å². The first-order chi connectivity index (χ1) is 12.0. The highest BCUT2D eigenvalue weighted by Gasteiger charge is 2.04. The van der Waals surface area contributed by atoms with E-state index in [0.717, 1.165) is 9.13 Å². The number of hydrogen-bond acceptors (Lipinski definition) is 6. The average Bonchev–Trinajstić information content (AvgIpc) is 2.50. The van der Waals surface area contributed by atoms with Crippen LogP contribution >= 0.6 is 0 Å². The fourth-order valence-corrected chi connectivity index (χ4v) is 1.76. The predicted octanol–water partition coefficient (Wildman–Crippen LogP) is -2.14. The smallest absolute Gasteiger partial charge is 0.328 e. The van der Waals surface area contributed by atoms with E-state index >= 15 is 0 Å². The Hall–Kier alpha value is -3.70. The lowest BCUT2D eigenvalue weighted by molar-refractivity contribution is -0.138. The third kappa shape index (κ3) is 5.74. The first-order valence-corrected chi connectivity index (χ1v) is 7.05. The van der Waals surface area contributed by atoms with Crippen LogP contribution in [0, 0.1) is 13.8 Å². The van der Waals surface area contributed by atoms with Gasteiger partial charge in [-0.25, -0.2) is 9.59 Å². The molecule has 0 saturated carbocycles. The summed E-state index contributed by atoms with van der Waals surface area (Å²) in [7, 11) is 0. The molecule has 0 aromatic carbocycles. The van der Waals surface area contributed by atoms with Crippen LogP contribution in [0.15, 0.2) is 31.6 Å². The van der Waals surface area contributed by atoms with Gasteiger partial charge in [0.15, 0.2) is 0 Å². The van der Waals surface area contributed by atoms with E-state index in [1.165, 1.54) is 26.2 Å². The molecule has 0 bridgehead atoms. The number of aliphatic carboxylic acids is 2. The molecule has 0 saturated heterocycles. The Morgan fingerprint density at radius 2 is 1.12 bits per heavy atom. The van der Waals surface area contributed by atoms with Crippen molar-refractivity contribution in [3.05, 3.63) is 65.2 Å². The number of carboxylic acids is 2. The molecule has 0 spiro atoms. The van der Waals surface area contributed by atoms with E-state index in [1.807, 2.05) is 9.97 Å². The maximum absolute atomic E-state index is 11.0. The summed E-state index contributed by atoms with van der Waals surface area (Å²) < 4.78 is 1.86. The van der Waals surface area contributed by atoms with E-state index in [0.29, 0.717) is 11.1 Å². The minimum absolute atomic E-state index is 0.306. The Morgan fingerprint density at radius 1 is 0.808 bits per heavy atom. The van der Waals surface area contributed by atoms with Gasteiger partial charge in [0.05, 0.1) is 0 Å². The minimum Gasteiger partial charge on any atom is -0.480 e. The van der Waals surface area contributed by atoms with Crippen molar-refractivity contribution >= 4 is 11.9 Å². The van der Waals surface area contributed by atoms with Crippen molar-refractivity contribution in [3.8, 4) is 0 Å². The molecule has 0 amide bonds. The summed E-state index contributed by atoms with van der Waals surface area (Å²) in [5, 5.41) is 16.8. The number of H-pyrrole nitrogens is 2. The zero-order valence-electron chi connectivity index (χ0n) is 13.8. The lowest BCUT2D eigenvalue weighted by atomic mass is 10.4. The molecule has 2 aromatic rings. The number of carbonyl (C=O) groups is 2. The van der Waals surface area contributed by atoms with Crippen molar-refractivity contribution in [2.24, 2.45) is 0 Å². The minimum atomic E-state index is -1.13. The van der Waals surface area contributed by atoms with Crippen LogP contribution in [-0.2, 0) is 22.7 Å². The molecular formula is C14H16N4O8. The highest BCUT2D eigenvalue weighted by molar-refractivity contribution is 5.66. The van der Waals surface area contributed by atoms with Crippen LogP contribution in [-0.4, -0.2) is 41.3 Å². The van der Waals surface area contributed by atoms with Crippen LogP contribution in [0.25, 0.3) is 0 Å². The molecule has 0 aliphatic heterocycles. The number of aromatic nitrogens is 4. The highest BCUT2D eigenvalue weighted by Crippen LogP contribution is 1.84. The van der Waals surface area contributed by atoms with Crippen LogP contribution in [0.1, 0.15) is 11.1 Å². The summed E-state index contributed by atoms with van der Waals surface area (Å²) in [4.78, 5) is 68.2. The Kier molecular flexibility index (Phi) is 6.58. The maximum atomic E-state index is 11.0. The average molecular weight is 368 g/mol. The van der Waals surface area contributed by atoms with E-state index in [9.17, 15) is 28.8 Å². The summed E-state index contributed by atoms with van der Waals surface area (Å²) in [6.07, 6.45) is 2.44. The number of hydrogen-bond donors (Lipinski definition) is 4. The van der Waals surface area contributed by atoms with Gasteiger partial charge in [0.2, 0.25) is 0 Å². The Balaban J connectivity index is 0.000000260. The number of aromatic amines is 2. The van der Waals surface area contributed by atoms with Crippen molar-refractivity contribution < 1.29 is 19.8 Å². The van der Waals surface area contributed by atoms with E-state index < -0.39 is 47.5 Å². The Morgan fingerprint density at radius 3 is 1.38 bits per heavy atom. The van der Waals surface area contributed by atoms with Gasteiger partial charge in [-0.05, 0) is 13.8 Å². The molecule has 4 N–H and O–H groups in total. The molecule has 2 heterocycles. The van der Waals surface area contributed by atoms with E-state index in [4.69, 9.17) is 10.2 Å². The lowest BCUT2D eigenvalue weighted by Crippen LogP contribution is -2.32. The van der Waals surface area contributed by atoms with Gasteiger partial charge in [-0.15, -0.1) is 0 Å². The van der Waals surface area contributed by atoms with Gasteiger partial charge in [-0.2, -0.15) is 0 Å². The largest absolute Gasteiger partial charge is 0.480 e. The number of nitrogens with zero attached hydrogens (tertiary/aromatic N) is 2. The van der Waals surface area contributed by atoms with Crippen molar-refractivity contribution in [2.45, 2.75) is 26.9 Å². The zero-order chi connectivity index (χ0) is 20.0. The molecule has 12 nitrogen and oxygen atoms in total. The van der Waals surface area contributed by atoms with Gasteiger partial charge in [0, 0.05) is 23.5 Å². The first-order valence-electron chi connectivity index (χ1n) is 7.05. The normalized spacial score (nSPS) is 9.92. The van der Waals surface area contributed by atoms with Crippen LogP contribution < -0.4 is 22.5 Å². The van der Waals surface area contributed by atoms with Gasteiger partial charge in [0.1, 0.15) is 13.1 Å². The van der Waals surface area contributed by atoms with Crippen LogP contribution in [0.2, 0.25) is 0 Å². The van der Waals surface area contributed by atoms with Crippen molar-refractivity contribution in [1.82, 2.24) is 19.1 Å². The summed E-state index contributed by atoms with van der Waals surface area (Å²) >= 11 is 0. The molecule has 0 aliphatic carbocycles. The van der Waals surface area contributed by atoms with Crippen LogP contribution in [0.4, 0.5) is 0 Å². The summed E-state index contributed by atoms with van der Waals surface area (Å²) in [5.74, 6) is -2.26. The highest BCUT2D eigenvalue weighted by atomic mass is 16.4. The summed E-state index contributed by atoms with van der Waals surface area (Å²) in [5.41, 5.74) is -1.80. The van der Waals surface area contributed by atoms with Gasteiger partial charge < -0.3 is 10.2 Å². The molecule has 12 heteroatoms. The fraction of sp³-hybridized carbons (Fsp3) is 0.286. The van der Waals surface area contributed by atoms with Crippen LogP contribution in [0.3, 0.4) is 0 Å². The molecule has 0 radical (unpaired) electrons. The number of nitrogens with one attached hydrogen (secondary N) is 2. The SMILES string of the molecule is Cc1cn(CC(=O)O)c(=O)[nH]c1=O.Cc1cn(CC(=O)O)c(=O)[nH]c1=O. The topological polar surface area (TPSA) is 184 Å². The monoisotopic (exact) mass is 368 g/mol. The molecular weight excluding hydrogens is 352 g/mol. The molecule has 0 aliphatic rings. The zero-order valence-corrected chi connectivity index (χ0v) is 13.8. The van der Waals surface area contributed by atoms with Gasteiger partial charge in [-0.1, -0.05) is 0 Å². The number of rotatable bonds is 4. The second kappa shape index (κ2) is 8.41. The molecule has 0 atom stereocenters. The molecule has 2 rings (SSSR count). The molecule has 2 aromatic heterocycles. The fourth-order valence-electron chi connectivity index (χ4n) is 1.76.